The van der Waals surface area contributed by atoms with Crippen LogP contribution in [0.5, 0.6) is 17.2 Å². The fourth-order valence-corrected chi connectivity index (χ4v) is 3.38. The number of amides is 2. The lowest BCUT2D eigenvalue weighted by atomic mass is 10.2. The summed E-state index contributed by atoms with van der Waals surface area (Å²) in [5.74, 6) is 0.841. The summed E-state index contributed by atoms with van der Waals surface area (Å²) in [5.41, 5.74) is 1.58. The maximum atomic E-state index is 12.3. The van der Waals surface area contributed by atoms with Gasteiger partial charge >= 0.3 is 0 Å². The molecule has 8 nitrogen and oxygen atoms in total. The molecular formula is C19H17N3O5S. The molecule has 0 spiro atoms. The molecular weight excluding hydrogens is 382 g/mol. The van der Waals surface area contributed by atoms with Gasteiger partial charge in [0.25, 0.3) is 5.91 Å². The number of H-pyrrole nitrogens is 1. The predicted octanol–water partition coefficient (Wildman–Crippen LogP) is 2.15. The summed E-state index contributed by atoms with van der Waals surface area (Å²) < 4.78 is 16.3. The number of rotatable bonds is 5. The van der Waals surface area contributed by atoms with Crippen LogP contribution in [0.25, 0.3) is 11.0 Å². The minimum absolute atomic E-state index is 0.0346. The zero-order chi connectivity index (χ0) is 19.5. The monoisotopic (exact) mass is 399 g/mol. The molecule has 1 unspecified atom stereocenters. The van der Waals surface area contributed by atoms with Crippen molar-refractivity contribution < 1.29 is 23.8 Å². The smallest absolute Gasteiger partial charge is 0.271 e. The van der Waals surface area contributed by atoms with Crippen molar-refractivity contribution in [3.8, 4) is 17.2 Å². The molecule has 1 atom stereocenters. The fraction of sp³-hybridized carbons (Fsp3) is 0.211. The Bertz CT molecular complexity index is 1040. The van der Waals surface area contributed by atoms with Gasteiger partial charge in [0.2, 0.25) is 12.0 Å². The van der Waals surface area contributed by atoms with E-state index in [1.807, 2.05) is 24.3 Å². The molecule has 2 amide bonds. The molecule has 2 aromatic carbocycles. The van der Waals surface area contributed by atoms with Crippen molar-refractivity contribution in [2.75, 3.05) is 19.5 Å². The lowest BCUT2D eigenvalue weighted by molar-refractivity contribution is -0.135. The number of hydrogen-bond acceptors (Lipinski definition) is 7. The highest BCUT2D eigenvalue weighted by atomic mass is 32.2. The lowest BCUT2D eigenvalue weighted by Crippen LogP contribution is -2.46. The molecule has 2 heterocycles. The van der Waals surface area contributed by atoms with Crippen LogP contribution >= 0.6 is 11.8 Å². The standard InChI is InChI=1S/C19H17N3O5S/c1-25-11-6-7-12-13(8-11)21-19(20-12)28-10-17(23)22-18(24)16-9-26-14-4-2-3-5-15(14)27-16/h2-8,16H,9-10H2,1H3,(H,20,21)(H,22,23,24). The molecule has 1 aliphatic heterocycles. The summed E-state index contributed by atoms with van der Waals surface area (Å²) in [5, 5.41) is 2.92. The average Bonchev–Trinajstić information content (AvgIpc) is 3.14. The van der Waals surface area contributed by atoms with Gasteiger partial charge in [-0.2, -0.15) is 0 Å². The molecule has 9 heteroatoms. The number of fused-ring (bicyclic) bond motifs is 2. The van der Waals surface area contributed by atoms with E-state index in [0.29, 0.717) is 22.4 Å². The highest BCUT2D eigenvalue weighted by molar-refractivity contribution is 7.99. The number of carbonyl (C=O) groups excluding carboxylic acids is 2. The Morgan fingerprint density at radius 1 is 1.29 bits per heavy atom. The molecule has 1 aliphatic rings. The fourth-order valence-electron chi connectivity index (χ4n) is 2.70. The topological polar surface area (TPSA) is 103 Å². The quantitative estimate of drug-likeness (QED) is 0.634. The molecule has 0 radical (unpaired) electrons. The van der Waals surface area contributed by atoms with E-state index in [0.717, 1.165) is 11.0 Å². The van der Waals surface area contributed by atoms with Crippen LogP contribution in [0.3, 0.4) is 0 Å². The second-order valence-electron chi connectivity index (χ2n) is 5.99. The van der Waals surface area contributed by atoms with Gasteiger partial charge < -0.3 is 19.2 Å². The number of benzene rings is 2. The van der Waals surface area contributed by atoms with Gasteiger partial charge in [0.15, 0.2) is 16.7 Å². The molecule has 0 bridgehead atoms. The van der Waals surface area contributed by atoms with Gasteiger partial charge in [-0.05, 0) is 24.3 Å². The van der Waals surface area contributed by atoms with Crippen LogP contribution in [-0.2, 0) is 9.59 Å². The van der Waals surface area contributed by atoms with Crippen molar-refractivity contribution in [2.45, 2.75) is 11.3 Å². The number of nitrogens with zero attached hydrogens (tertiary/aromatic N) is 1. The molecule has 0 fully saturated rings. The second kappa shape index (κ2) is 7.81. The van der Waals surface area contributed by atoms with Crippen LogP contribution < -0.4 is 19.5 Å². The van der Waals surface area contributed by atoms with Gasteiger partial charge in [0.05, 0.1) is 23.9 Å². The number of aromatic nitrogens is 2. The summed E-state index contributed by atoms with van der Waals surface area (Å²) in [6.07, 6.45) is -0.873. The van der Waals surface area contributed by atoms with Gasteiger partial charge in [-0.15, -0.1) is 0 Å². The molecule has 144 valence electrons. The van der Waals surface area contributed by atoms with Crippen LogP contribution in [0.1, 0.15) is 0 Å². The molecule has 4 rings (SSSR count). The van der Waals surface area contributed by atoms with E-state index >= 15 is 0 Å². The molecule has 3 aromatic rings. The summed E-state index contributed by atoms with van der Waals surface area (Å²) in [7, 11) is 1.59. The van der Waals surface area contributed by atoms with E-state index in [4.69, 9.17) is 14.2 Å². The largest absolute Gasteiger partial charge is 0.497 e. The van der Waals surface area contributed by atoms with Crippen LogP contribution in [0.2, 0.25) is 0 Å². The average molecular weight is 399 g/mol. The SMILES string of the molecule is COc1ccc2nc(SCC(=O)NC(=O)C3COc4ccccc4O3)[nH]c2c1. The number of methoxy groups -OCH3 is 1. The minimum Gasteiger partial charge on any atom is -0.497 e. The Morgan fingerprint density at radius 2 is 2.11 bits per heavy atom. The van der Waals surface area contributed by atoms with Gasteiger partial charge in [0.1, 0.15) is 12.4 Å². The third-order valence-electron chi connectivity index (χ3n) is 4.07. The third kappa shape index (κ3) is 3.89. The van der Waals surface area contributed by atoms with Crippen LogP contribution in [0, 0.1) is 0 Å². The van der Waals surface area contributed by atoms with Crippen molar-refractivity contribution in [2.24, 2.45) is 0 Å². The van der Waals surface area contributed by atoms with Crippen molar-refractivity contribution in [3.63, 3.8) is 0 Å². The summed E-state index contributed by atoms with van der Waals surface area (Å²) in [6.45, 7) is 0.0503. The number of thioether (sulfide) groups is 1. The Hall–Kier alpha value is -3.20. The minimum atomic E-state index is -0.873. The van der Waals surface area contributed by atoms with Crippen LogP contribution in [0.4, 0.5) is 0 Å². The van der Waals surface area contributed by atoms with Gasteiger partial charge in [0, 0.05) is 6.07 Å². The van der Waals surface area contributed by atoms with Crippen molar-refractivity contribution in [3.05, 3.63) is 42.5 Å². The Morgan fingerprint density at radius 3 is 2.93 bits per heavy atom. The van der Waals surface area contributed by atoms with Gasteiger partial charge in [-0.1, -0.05) is 23.9 Å². The second-order valence-corrected chi connectivity index (χ2v) is 6.95. The Labute approximate surface area is 164 Å². The van der Waals surface area contributed by atoms with E-state index in [9.17, 15) is 9.59 Å². The van der Waals surface area contributed by atoms with E-state index in [2.05, 4.69) is 15.3 Å². The third-order valence-corrected chi connectivity index (χ3v) is 4.94. The van der Waals surface area contributed by atoms with E-state index < -0.39 is 17.9 Å². The zero-order valence-electron chi connectivity index (χ0n) is 14.9. The maximum Gasteiger partial charge on any atom is 0.271 e. The molecule has 1 aromatic heterocycles. The number of para-hydroxylation sites is 2. The van der Waals surface area contributed by atoms with Crippen molar-refractivity contribution in [1.82, 2.24) is 15.3 Å². The number of carbonyl (C=O) groups is 2. The highest BCUT2D eigenvalue weighted by Gasteiger charge is 2.28. The molecule has 28 heavy (non-hydrogen) atoms. The van der Waals surface area contributed by atoms with Crippen LogP contribution in [0.15, 0.2) is 47.6 Å². The number of hydrogen-bond donors (Lipinski definition) is 2. The first-order valence-electron chi connectivity index (χ1n) is 8.51. The van der Waals surface area contributed by atoms with Gasteiger partial charge in [-0.3, -0.25) is 14.9 Å². The number of imidazole rings is 1. The molecule has 0 saturated heterocycles. The van der Waals surface area contributed by atoms with Crippen LogP contribution in [-0.4, -0.2) is 47.4 Å². The number of aromatic amines is 1. The summed E-state index contributed by atoms with van der Waals surface area (Å²) >= 11 is 1.20. The lowest BCUT2D eigenvalue weighted by Gasteiger charge is -2.25. The maximum absolute atomic E-state index is 12.3. The predicted molar refractivity (Wildman–Crippen MR) is 103 cm³/mol. The summed E-state index contributed by atoms with van der Waals surface area (Å²) in [4.78, 5) is 31.9. The van der Waals surface area contributed by atoms with Crippen molar-refractivity contribution >= 4 is 34.6 Å². The highest BCUT2D eigenvalue weighted by Crippen LogP contribution is 2.30. The Balaban J connectivity index is 1.31. The first kappa shape index (κ1) is 18.2. The van der Waals surface area contributed by atoms with Gasteiger partial charge in [-0.25, -0.2) is 4.98 Å². The molecule has 2 N–H and O–H groups in total. The Kier molecular flexibility index (Phi) is 5.07. The number of ether oxygens (including phenoxy) is 3. The van der Waals surface area contributed by atoms with E-state index in [1.165, 1.54) is 11.8 Å². The van der Waals surface area contributed by atoms with Crippen molar-refractivity contribution in [1.29, 1.82) is 0 Å². The molecule has 0 aliphatic carbocycles. The summed E-state index contributed by atoms with van der Waals surface area (Å²) in [6, 6.07) is 12.5. The van der Waals surface area contributed by atoms with E-state index in [-0.39, 0.29) is 12.4 Å². The molecule has 0 saturated carbocycles. The number of imide groups is 1. The number of nitrogens with one attached hydrogen (secondary N) is 2. The first-order chi connectivity index (χ1) is 13.6. The normalized spacial score (nSPS) is 15.2. The first-order valence-corrected chi connectivity index (χ1v) is 9.49. The van der Waals surface area contributed by atoms with E-state index in [1.54, 1.807) is 25.3 Å². The zero-order valence-corrected chi connectivity index (χ0v) is 15.7.